The number of hydrogen-bond donors (Lipinski definition) is 1. The molecule has 1 aromatic heterocycles. The molecule has 1 heterocycles. The van der Waals surface area contributed by atoms with Crippen LogP contribution in [0.2, 0.25) is 0 Å². The molecule has 0 aliphatic heterocycles. The molecule has 0 radical (unpaired) electrons. The molecule has 0 bridgehead atoms. The van der Waals surface area contributed by atoms with Gasteiger partial charge in [-0.2, -0.15) is 4.31 Å². The van der Waals surface area contributed by atoms with Gasteiger partial charge in [0.15, 0.2) is 0 Å². The van der Waals surface area contributed by atoms with Crippen LogP contribution in [0.5, 0.6) is 0 Å². The van der Waals surface area contributed by atoms with Crippen LogP contribution in [-0.2, 0) is 16.6 Å². The maximum absolute atomic E-state index is 12.2. The summed E-state index contributed by atoms with van der Waals surface area (Å²) >= 11 is 0. The molecule has 5 nitrogen and oxygen atoms in total. The van der Waals surface area contributed by atoms with E-state index in [-0.39, 0.29) is 0 Å². The van der Waals surface area contributed by atoms with Crippen LogP contribution in [0, 0.1) is 0 Å². The Morgan fingerprint density at radius 2 is 2.17 bits per heavy atom. The number of nitrogens with two attached hydrogens (primary N) is 1. The molecule has 1 rings (SSSR count). The third-order valence-electron chi connectivity index (χ3n) is 2.65. The molecule has 1 aromatic rings. The van der Waals surface area contributed by atoms with Crippen LogP contribution in [0.1, 0.15) is 25.8 Å². The van der Waals surface area contributed by atoms with Crippen LogP contribution in [-0.4, -0.2) is 36.0 Å². The minimum atomic E-state index is -3.26. The van der Waals surface area contributed by atoms with Crippen molar-refractivity contribution in [3.05, 3.63) is 30.1 Å². The molecule has 0 atom stereocenters. The first-order valence-electron chi connectivity index (χ1n) is 6.06. The quantitative estimate of drug-likeness (QED) is 0.801. The van der Waals surface area contributed by atoms with Crippen molar-refractivity contribution in [3.8, 4) is 0 Å². The second-order valence-electron chi connectivity index (χ2n) is 4.43. The van der Waals surface area contributed by atoms with Gasteiger partial charge < -0.3 is 5.73 Å². The summed E-state index contributed by atoms with van der Waals surface area (Å²) in [4.78, 5) is 4.00. The lowest BCUT2D eigenvalue weighted by Crippen LogP contribution is -2.37. The van der Waals surface area contributed by atoms with Crippen molar-refractivity contribution >= 4 is 10.0 Å². The van der Waals surface area contributed by atoms with Crippen LogP contribution in [0.25, 0.3) is 0 Å². The van der Waals surface area contributed by atoms with E-state index in [0.717, 1.165) is 5.56 Å². The summed E-state index contributed by atoms with van der Waals surface area (Å²) in [7, 11) is -3.26. The van der Waals surface area contributed by atoms with E-state index in [4.69, 9.17) is 5.73 Å². The lowest BCUT2D eigenvalue weighted by molar-refractivity contribution is 0.396. The molecule has 0 amide bonds. The highest BCUT2D eigenvalue weighted by Gasteiger charge is 2.25. The van der Waals surface area contributed by atoms with E-state index in [1.165, 1.54) is 4.31 Å². The first kappa shape index (κ1) is 15.1. The molecule has 0 spiro atoms. The number of aromatic nitrogens is 1. The first-order valence-corrected chi connectivity index (χ1v) is 7.56. The van der Waals surface area contributed by atoms with E-state index < -0.39 is 15.3 Å². The van der Waals surface area contributed by atoms with Gasteiger partial charge in [0.25, 0.3) is 0 Å². The standard InChI is InChI=1S/C12H21N3O2S/c1-11(2)18(16,17)15(8-4-6-13)10-12-5-3-7-14-9-12/h3,5,7,9,11H,4,6,8,10,13H2,1-2H3. The molecular weight excluding hydrogens is 250 g/mol. The highest BCUT2D eigenvalue weighted by molar-refractivity contribution is 7.89. The first-order chi connectivity index (χ1) is 8.48. The molecule has 2 N–H and O–H groups in total. The topological polar surface area (TPSA) is 76.3 Å². The predicted octanol–water partition coefficient (Wildman–Crippen LogP) is 0.971. The maximum Gasteiger partial charge on any atom is 0.216 e. The third-order valence-corrected chi connectivity index (χ3v) is 4.87. The molecule has 18 heavy (non-hydrogen) atoms. The highest BCUT2D eigenvalue weighted by Crippen LogP contribution is 2.13. The van der Waals surface area contributed by atoms with Crippen LogP contribution >= 0.6 is 0 Å². The fourth-order valence-corrected chi connectivity index (χ4v) is 2.87. The minimum Gasteiger partial charge on any atom is -0.330 e. The van der Waals surface area contributed by atoms with Crippen LogP contribution < -0.4 is 5.73 Å². The number of sulfonamides is 1. The van der Waals surface area contributed by atoms with Crippen LogP contribution in [0.15, 0.2) is 24.5 Å². The van der Waals surface area contributed by atoms with Crippen molar-refractivity contribution < 1.29 is 8.42 Å². The second kappa shape index (κ2) is 6.82. The van der Waals surface area contributed by atoms with Crippen molar-refractivity contribution in [1.82, 2.24) is 9.29 Å². The SMILES string of the molecule is CC(C)S(=O)(=O)N(CCCN)Cc1cccnc1. The number of rotatable bonds is 7. The average molecular weight is 271 g/mol. The number of nitrogens with zero attached hydrogens (tertiary/aromatic N) is 2. The van der Waals surface area contributed by atoms with E-state index in [1.54, 1.807) is 32.3 Å². The zero-order valence-electron chi connectivity index (χ0n) is 10.9. The molecule has 0 aliphatic carbocycles. The van der Waals surface area contributed by atoms with Gasteiger partial charge in [0, 0.05) is 25.5 Å². The van der Waals surface area contributed by atoms with Crippen molar-refractivity contribution in [2.24, 2.45) is 5.73 Å². The maximum atomic E-state index is 12.2. The van der Waals surface area contributed by atoms with E-state index >= 15 is 0 Å². The van der Waals surface area contributed by atoms with Crippen molar-refractivity contribution in [2.45, 2.75) is 32.1 Å². The van der Waals surface area contributed by atoms with Crippen molar-refractivity contribution in [1.29, 1.82) is 0 Å². The fourth-order valence-electron chi connectivity index (χ4n) is 1.56. The Kier molecular flexibility index (Phi) is 5.71. The van der Waals surface area contributed by atoms with E-state index in [0.29, 0.717) is 26.1 Å². The predicted molar refractivity (Wildman–Crippen MR) is 72.4 cm³/mol. The molecule has 0 fully saturated rings. The summed E-state index contributed by atoms with van der Waals surface area (Å²) in [5, 5.41) is -0.424. The average Bonchev–Trinajstić information content (AvgIpc) is 2.35. The second-order valence-corrected chi connectivity index (χ2v) is 6.92. The smallest absolute Gasteiger partial charge is 0.216 e. The molecule has 6 heteroatoms. The fraction of sp³-hybridized carbons (Fsp3) is 0.583. The highest BCUT2D eigenvalue weighted by atomic mass is 32.2. The largest absolute Gasteiger partial charge is 0.330 e. The Bertz CT molecular complexity index is 446. The van der Waals surface area contributed by atoms with Gasteiger partial charge in [-0.25, -0.2) is 8.42 Å². The van der Waals surface area contributed by atoms with Crippen LogP contribution in [0.4, 0.5) is 0 Å². The summed E-state index contributed by atoms with van der Waals surface area (Å²) in [6.07, 6.45) is 4.02. The molecule has 0 saturated heterocycles. The van der Waals surface area contributed by atoms with Gasteiger partial charge in [-0.1, -0.05) is 6.07 Å². The monoisotopic (exact) mass is 271 g/mol. The third kappa shape index (κ3) is 4.04. The van der Waals surface area contributed by atoms with Crippen molar-refractivity contribution in [2.75, 3.05) is 13.1 Å². The van der Waals surface area contributed by atoms with E-state index in [2.05, 4.69) is 4.98 Å². The van der Waals surface area contributed by atoms with Gasteiger partial charge in [0.05, 0.1) is 5.25 Å². The molecule has 0 saturated carbocycles. The molecule has 0 aromatic carbocycles. The van der Waals surface area contributed by atoms with Gasteiger partial charge in [0.2, 0.25) is 10.0 Å². The van der Waals surface area contributed by atoms with Gasteiger partial charge in [-0.15, -0.1) is 0 Å². The minimum absolute atomic E-state index is 0.356. The lowest BCUT2D eigenvalue weighted by atomic mass is 10.3. The summed E-state index contributed by atoms with van der Waals surface area (Å²) < 4.78 is 25.9. The van der Waals surface area contributed by atoms with Gasteiger partial charge in [-0.3, -0.25) is 4.98 Å². The number of hydrogen-bond acceptors (Lipinski definition) is 4. The van der Waals surface area contributed by atoms with Gasteiger partial charge in [-0.05, 0) is 38.4 Å². The Labute approximate surface area is 109 Å². The molecule has 102 valence electrons. The van der Waals surface area contributed by atoms with Gasteiger partial charge >= 0.3 is 0 Å². The lowest BCUT2D eigenvalue weighted by Gasteiger charge is -2.24. The Morgan fingerprint density at radius 3 is 2.67 bits per heavy atom. The Balaban J connectivity index is 2.86. The summed E-state index contributed by atoms with van der Waals surface area (Å²) in [6.45, 7) is 4.67. The van der Waals surface area contributed by atoms with E-state index in [9.17, 15) is 8.42 Å². The molecule has 0 aliphatic rings. The summed E-state index contributed by atoms with van der Waals surface area (Å²) in [6, 6.07) is 3.68. The molecular formula is C12H21N3O2S. The Hall–Kier alpha value is -0.980. The zero-order valence-corrected chi connectivity index (χ0v) is 11.7. The zero-order chi connectivity index (χ0) is 13.6. The Morgan fingerprint density at radius 1 is 1.44 bits per heavy atom. The summed E-state index contributed by atoms with van der Waals surface area (Å²) in [5.74, 6) is 0. The normalized spacial score (nSPS) is 12.3. The van der Waals surface area contributed by atoms with Crippen molar-refractivity contribution in [3.63, 3.8) is 0 Å². The van der Waals surface area contributed by atoms with Gasteiger partial charge in [0.1, 0.15) is 0 Å². The summed E-state index contributed by atoms with van der Waals surface area (Å²) in [5.41, 5.74) is 6.34. The van der Waals surface area contributed by atoms with E-state index in [1.807, 2.05) is 6.07 Å². The van der Waals surface area contributed by atoms with Crippen LogP contribution in [0.3, 0.4) is 0 Å². The molecule has 0 unspecified atom stereocenters. The number of pyridine rings is 1.